The normalized spacial score (nSPS) is 10.1. The lowest BCUT2D eigenvalue weighted by Gasteiger charge is -2.12. The Morgan fingerprint density at radius 3 is 2.89 bits per heavy atom. The van der Waals surface area contributed by atoms with Crippen LogP contribution in [0.3, 0.4) is 0 Å². The molecule has 1 rings (SSSR count). The van der Waals surface area contributed by atoms with E-state index in [1.807, 2.05) is 25.1 Å². The molecule has 0 saturated heterocycles. The van der Waals surface area contributed by atoms with Gasteiger partial charge in [-0.25, -0.2) is 0 Å². The predicted molar refractivity (Wildman–Crippen MR) is 86.0 cm³/mol. The molecule has 0 fully saturated rings. The Morgan fingerprint density at radius 2 is 2.21 bits per heavy atom. The second-order valence-corrected chi connectivity index (χ2v) is 5.04. The van der Waals surface area contributed by atoms with Crippen LogP contribution in [0.4, 0.5) is 5.69 Å². The standard InChI is InChI=1S/C13H19BrN2O2S/c1-3-18-8-4-7-15-13(19)16-12-9-10(17-2)5-6-11(12)14/h5-6,9H,3-4,7-8H2,1-2H3,(H2,15,16,19). The lowest BCUT2D eigenvalue weighted by molar-refractivity contribution is 0.146. The Balaban J connectivity index is 2.39. The van der Waals surface area contributed by atoms with Gasteiger partial charge in [0.05, 0.1) is 12.8 Å². The SMILES string of the molecule is CCOCCCNC(=S)Nc1cc(OC)ccc1Br. The third kappa shape index (κ3) is 6.22. The highest BCUT2D eigenvalue weighted by Crippen LogP contribution is 2.26. The summed E-state index contributed by atoms with van der Waals surface area (Å²) < 4.78 is 11.4. The molecule has 0 bridgehead atoms. The van der Waals surface area contributed by atoms with Gasteiger partial charge in [0.1, 0.15) is 5.75 Å². The first-order valence-electron chi connectivity index (χ1n) is 6.13. The first-order chi connectivity index (χ1) is 9.17. The molecule has 0 aliphatic carbocycles. The molecule has 4 nitrogen and oxygen atoms in total. The Hall–Kier alpha value is -0.850. The van der Waals surface area contributed by atoms with E-state index in [0.717, 1.165) is 42.1 Å². The molecule has 1 aromatic carbocycles. The molecule has 0 aromatic heterocycles. The van der Waals surface area contributed by atoms with Gasteiger partial charge in [-0.05, 0) is 53.6 Å². The number of anilines is 1. The van der Waals surface area contributed by atoms with E-state index < -0.39 is 0 Å². The fourth-order valence-electron chi connectivity index (χ4n) is 1.41. The quantitative estimate of drug-likeness (QED) is 0.586. The van der Waals surface area contributed by atoms with Crippen molar-refractivity contribution in [1.29, 1.82) is 0 Å². The number of ether oxygens (including phenoxy) is 2. The minimum atomic E-state index is 0.588. The summed E-state index contributed by atoms with van der Waals surface area (Å²) in [7, 11) is 1.64. The first-order valence-corrected chi connectivity index (χ1v) is 7.33. The van der Waals surface area contributed by atoms with Crippen molar-refractivity contribution in [2.45, 2.75) is 13.3 Å². The molecule has 0 aliphatic rings. The van der Waals surface area contributed by atoms with E-state index >= 15 is 0 Å². The molecular weight excluding hydrogens is 328 g/mol. The molecule has 0 heterocycles. The molecule has 106 valence electrons. The van der Waals surface area contributed by atoms with Gasteiger partial charge >= 0.3 is 0 Å². The maximum atomic E-state index is 5.26. The summed E-state index contributed by atoms with van der Waals surface area (Å²) in [5.41, 5.74) is 0.877. The number of methoxy groups -OCH3 is 1. The minimum absolute atomic E-state index is 0.588. The summed E-state index contributed by atoms with van der Waals surface area (Å²) in [6, 6.07) is 5.69. The van der Waals surface area contributed by atoms with E-state index in [2.05, 4.69) is 26.6 Å². The second kappa shape index (κ2) is 9.12. The number of hydrogen-bond donors (Lipinski definition) is 2. The van der Waals surface area contributed by atoms with Crippen LogP contribution in [0, 0.1) is 0 Å². The van der Waals surface area contributed by atoms with Gasteiger partial charge in [0.2, 0.25) is 0 Å². The Kier molecular flexibility index (Phi) is 7.78. The summed E-state index contributed by atoms with van der Waals surface area (Å²) in [4.78, 5) is 0. The van der Waals surface area contributed by atoms with Crippen molar-refractivity contribution >= 4 is 38.9 Å². The number of hydrogen-bond acceptors (Lipinski definition) is 3. The molecule has 0 atom stereocenters. The average molecular weight is 347 g/mol. The van der Waals surface area contributed by atoms with Gasteiger partial charge in [0, 0.05) is 30.3 Å². The number of thiocarbonyl (C=S) groups is 1. The highest BCUT2D eigenvalue weighted by molar-refractivity contribution is 9.10. The number of halogens is 1. The zero-order chi connectivity index (χ0) is 14.1. The van der Waals surface area contributed by atoms with Crippen molar-refractivity contribution in [2.24, 2.45) is 0 Å². The fraction of sp³-hybridized carbons (Fsp3) is 0.462. The van der Waals surface area contributed by atoms with Gasteiger partial charge in [-0.1, -0.05) is 0 Å². The van der Waals surface area contributed by atoms with Crippen LogP contribution >= 0.6 is 28.1 Å². The van der Waals surface area contributed by atoms with E-state index in [9.17, 15) is 0 Å². The lowest BCUT2D eigenvalue weighted by atomic mass is 10.3. The van der Waals surface area contributed by atoms with Crippen molar-refractivity contribution in [1.82, 2.24) is 5.32 Å². The summed E-state index contributed by atoms with van der Waals surface area (Å²) in [5, 5.41) is 6.85. The van der Waals surface area contributed by atoms with Gasteiger partial charge in [-0.3, -0.25) is 0 Å². The molecule has 0 saturated carbocycles. The van der Waals surface area contributed by atoms with Crippen molar-refractivity contribution < 1.29 is 9.47 Å². The van der Waals surface area contributed by atoms with Gasteiger partial charge in [0.25, 0.3) is 0 Å². The maximum absolute atomic E-state index is 5.26. The van der Waals surface area contributed by atoms with E-state index in [1.165, 1.54) is 0 Å². The first kappa shape index (κ1) is 16.2. The zero-order valence-corrected chi connectivity index (χ0v) is 13.6. The monoisotopic (exact) mass is 346 g/mol. The van der Waals surface area contributed by atoms with Crippen molar-refractivity contribution in [2.75, 3.05) is 32.2 Å². The van der Waals surface area contributed by atoms with Crippen LogP contribution in [0.25, 0.3) is 0 Å². The second-order valence-electron chi connectivity index (χ2n) is 3.78. The maximum Gasteiger partial charge on any atom is 0.170 e. The van der Waals surface area contributed by atoms with Gasteiger partial charge in [-0.15, -0.1) is 0 Å². The molecular formula is C13H19BrN2O2S. The van der Waals surface area contributed by atoms with Crippen LogP contribution < -0.4 is 15.4 Å². The number of rotatable bonds is 7. The van der Waals surface area contributed by atoms with E-state index in [0.29, 0.717) is 5.11 Å². The summed E-state index contributed by atoms with van der Waals surface area (Å²) >= 11 is 8.69. The molecule has 0 unspecified atom stereocenters. The van der Waals surface area contributed by atoms with E-state index in [4.69, 9.17) is 21.7 Å². The highest BCUT2D eigenvalue weighted by Gasteiger charge is 2.04. The highest BCUT2D eigenvalue weighted by atomic mass is 79.9. The molecule has 19 heavy (non-hydrogen) atoms. The molecule has 1 aromatic rings. The van der Waals surface area contributed by atoms with Gasteiger partial charge in [-0.2, -0.15) is 0 Å². The number of benzene rings is 1. The Labute approximate surface area is 128 Å². The predicted octanol–water partition coefficient (Wildman–Crippen LogP) is 3.17. The molecule has 6 heteroatoms. The fourth-order valence-corrected chi connectivity index (χ4v) is 1.97. The van der Waals surface area contributed by atoms with E-state index in [-0.39, 0.29) is 0 Å². The van der Waals surface area contributed by atoms with Gasteiger partial charge in [0.15, 0.2) is 5.11 Å². The lowest BCUT2D eigenvalue weighted by Crippen LogP contribution is -2.29. The zero-order valence-electron chi connectivity index (χ0n) is 11.2. The smallest absolute Gasteiger partial charge is 0.170 e. The van der Waals surface area contributed by atoms with Crippen LogP contribution in [-0.4, -0.2) is 32.0 Å². The minimum Gasteiger partial charge on any atom is -0.497 e. The molecule has 0 amide bonds. The van der Waals surface area contributed by atoms with Crippen LogP contribution in [-0.2, 0) is 4.74 Å². The molecule has 2 N–H and O–H groups in total. The van der Waals surface area contributed by atoms with Crippen LogP contribution in [0.1, 0.15) is 13.3 Å². The largest absolute Gasteiger partial charge is 0.497 e. The molecule has 0 aliphatic heterocycles. The van der Waals surface area contributed by atoms with Crippen molar-refractivity contribution in [3.8, 4) is 5.75 Å². The number of nitrogens with one attached hydrogen (secondary N) is 2. The topological polar surface area (TPSA) is 42.5 Å². The summed E-state index contributed by atoms with van der Waals surface area (Å²) in [5.74, 6) is 0.782. The third-order valence-corrected chi connectivity index (χ3v) is 3.31. The van der Waals surface area contributed by atoms with Crippen molar-refractivity contribution in [3.63, 3.8) is 0 Å². The van der Waals surface area contributed by atoms with Gasteiger partial charge < -0.3 is 20.1 Å². The third-order valence-electron chi connectivity index (χ3n) is 2.38. The van der Waals surface area contributed by atoms with Crippen LogP contribution in [0.5, 0.6) is 5.75 Å². The van der Waals surface area contributed by atoms with E-state index in [1.54, 1.807) is 7.11 Å². The summed E-state index contributed by atoms with van der Waals surface area (Å²) in [6.45, 7) is 4.27. The summed E-state index contributed by atoms with van der Waals surface area (Å²) in [6.07, 6.45) is 0.926. The van der Waals surface area contributed by atoms with Crippen LogP contribution in [0.15, 0.2) is 22.7 Å². The average Bonchev–Trinajstić information content (AvgIpc) is 2.41. The Bertz CT molecular complexity index is 416. The molecule has 0 radical (unpaired) electrons. The van der Waals surface area contributed by atoms with Crippen molar-refractivity contribution in [3.05, 3.63) is 22.7 Å². The molecule has 0 spiro atoms. The Morgan fingerprint density at radius 1 is 1.42 bits per heavy atom. The van der Waals surface area contributed by atoms with Crippen LogP contribution in [0.2, 0.25) is 0 Å².